The number of anilines is 1. The van der Waals surface area contributed by atoms with Crippen LogP contribution in [0, 0.1) is 10.1 Å². The molecule has 0 atom stereocenters. The van der Waals surface area contributed by atoms with Crippen molar-refractivity contribution in [1.82, 2.24) is 0 Å². The van der Waals surface area contributed by atoms with E-state index in [0.717, 1.165) is 6.07 Å². The van der Waals surface area contributed by atoms with Crippen molar-refractivity contribution >= 4 is 28.9 Å². The van der Waals surface area contributed by atoms with Crippen molar-refractivity contribution in [2.45, 2.75) is 6.42 Å². The lowest BCUT2D eigenvalue weighted by Gasteiger charge is -2.08. The number of phenolic OH excluding ortho intramolecular Hbond substituents is 1. The molecule has 0 bridgehead atoms. The summed E-state index contributed by atoms with van der Waals surface area (Å²) in [6.45, 7) is 0. The lowest BCUT2D eigenvalue weighted by molar-refractivity contribution is -0.384. The number of halogens is 1. The van der Waals surface area contributed by atoms with E-state index < -0.39 is 4.92 Å². The number of benzene rings is 2. The minimum Gasteiger partial charge on any atom is -0.506 e. The van der Waals surface area contributed by atoms with Crippen LogP contribution < -0.4 is 5.32 Å². The lowest BCUT2D eigenvalue weighted by Crippen LogP contribution is -2.14. The molecule has 0 saturated heterocycles. The number of nitro benzene ring substituents is 1. The molecule has 2 aromatic rings. The molecule has 0 aliphatic carbocycles. The van der Waals surface area contributed by atoms with E-state index in [1.54, 1.807) is 24.3 Å². The molecule has 1 amide bonds. The number of carbonyl (C=O) groups excluding carboxylic acids is 1. The fourth-order valence-corrected chi connectivity index (χ4v) is 1.95. The van der Waals surface area contributed by atoms with E-state index in [2.05, 4.69) is 5.32 Å². The van der Waals surface area contributed by atoms with Crippen LogP contribution >= 0.6 is 11.6 Å². The van der Waals surface area contributed by atoms with E-state index in [4.69, 9.17) is 11.6 Å². The van der Waals surface area contributed by atoms with Gasteiger partial charge in [-0.25, -0.2) is 0 Å². The molecule has 2 rings (SSSR count). The number of amides is 1. The highest BCUT2D eigenvalue weighted by atomic mass is 35.5. The van der Waals surface area contributed by atoms with Gasteiger partial charge in [-0.15, -0.1) is 0 Å². The summed E-state index contributed by atoms with van der Waals surface area (Å²) in [5.74, 6) is -0.746. The fraction of sp³-hybridized carbons (Fsp3) is 0.0714. The average molecular weight is 307 g/mol. The SMILES string of the molecule is O=C(Cc1ccccc1Cl)Nc1ccc([N+](=O)[O-])cc1O. The molecule has 108 valence electrons. The Morgan fingerprint density at radius 2 is 2.00 bits per heavy atom. The van der Waals surface area contributed by atoms with Crippen LogP contribution in [0.2, 0.25) is 5.02 Å². The van der Waals surface area contributed by atoms with Crippen LogP contribution in [0.15, 0.2) is 42.5 Å². The van der Waals surface area contributed by atoms with Crippen LogP contribution in [-0.2, 0) is 11.2 Å². The maximum atomic E-state index is 11.9. The zero-order chi connectivity index (χ0) is 15.4. The van der Waals surface area contributed by atoms with Crippen molar-refractivity contribution in [3.8, 4) is 5.75 Å². The molecule has 2 N–H and O–H groups in total. The number of hydrogen-bond acceptors (Lipinski definition) is 4. The van der Waals surface area contributed by atoms with Gasteiger partial charge in [0.25, 0.3) is 5.69 Å². The Kier molecular flexibility index (Phi) is 4.39. The third-order valence-corrected chi connectivity index (χ3v) is 3.14. The number of carbonyl (C=O) groups is 1. The molecular weight excluding hydrogens is 296 g/mol. The Balaban J connectivity index is 2.10. The summed E-state index contributed by atoms with van der Waals surface area (Å²) in [5, 5.41) is 23.2. The van der Waals surface area contributed by atoms with E-state index in [0.29, 0.717) is 10.6 Å². The first-order chi connectivity index (χ1) is 9.97. The van der Waals surface area contributed by atoms with Crippen molar-refractivity contribution in [3.05, 3.63) is 63.2 Å². The number of rotatable bonds is 4. The van der Waals surface area contributed by atoms with Crippen molar-refractivity contribution < 1.29 is 14.8 Å². The quantitative estimate of drug-likeness (QED) is 0.515. The number of non-ortho nitro benzene ring substituents is 1. The summed E-state index contributed by atoms with van der Waals surface area (Å²) in [4.78, 5) is 21.8. The zero-order valence-electron chi connectivity index (χ0n) is 10.7. The fourth-order valence-electron chi connectivity index (χ4n) is 1.75. The smallest absolute Gasteiger partial charge is 0.273 e. The monoisotopic (exact) mass is 306 g/mol. The highest BCUT2D eigenvalue weighted by molar-refractivity contribution is 6.31. The Morgan fingerprint density at radius 1 is 1.29 bits per heavy atom. The molecule has 0 aliphatic rings. The topological polar surface area (TPSA) is 92.5 Å². The molecule has 2 aromatic carbocycles. The van der Waals surface area contributed by atoms with Gasteiger partial charge in [0.2, 0.25) is 5.91 Å². The molecular formula is C14H11ClN2O4. The predicted molar refractivity (Wildman–Crippen MR) is 78.5 cm³/mol. The second-order valence-electron chi connectivity index (χ2n) is 4.27. The number of nitro groups is 1. The summed E-state index contributed by atoms with van der Waals surface area (Å²) in [7, 11) is 0. The Morgan fingerprint density at radius 3 is 2.62 bits per heavy atom. The molecule has 0 aromatic heterocycles. The molecule has 0 unspecified atom stereocenters. The van der Waals surface area contributed by atoms with Gasteiger partial charge in [-0.05, 0) is 17.7 Å². The van der Waals surface area contributed by atoms with Crippen LogP contribution in [0.4, 0.5) is 11.4 Å². The lowest BCUT2D eigenvalue weighted by atomic mass is 10.1. The standard InChI is InChI=1S/C14H11ClN2O4/c15-11-4-2-1-3-9(11)7-14(19)16-12-6-5-10(17(20)21)8-13(12)18/h1-6,8,18H,7H2,(H,16,19). The summed E-state index contributed by atoms with van der Waals surface area (Å²) < 4.78 is 0. The number of hydrogen-bond donors (Lipinski definition) is 2. The molecule has 21 heavy (non-hydrogen) atoms. The van der Waals surface area contributed by atoms with Gasteiger partial charge in [0, 0.05) is 11.1 Å². The highest BCUT2D eigenvalue weighted by Crippen LogP contribution is 2.28. The Bertz CT molecular complexity index is 703. The van der Waals surface area contributed by atoms with Gasteiger partial charge in [-0.1, -0.05) is 29.8 Å². The highest BCUT2D eigenvalue weighted by Gasteiger charge is 2.13. The molecule has 0 spiro atoms. The first-order valence-electron chi connectivity index (χ1n) is 5.98. The van der Waals surface area contributed by atoms with Gasteiger partial charge < -0.3 is 10.4 Å². The normalized spacial score (nSPS) is 10.1. The molecule has 7 heteroatoms. The first kappa shape index (κ1) is 14.8. The van der Waals surface area contributed by atoms with Crippen LogP contribution in [0.5, 0.6) is 5.75 Å². The van der Waals surface area contributed by atoms with E-state index in [9.17, 15) is 20.0 Å². The minimum absolute atomic E-state index is 0.0378. The van der Waals surface area contributed by atoms with Crippen LogP contribution in [0.3, 0.4) is 0 Å². The maximum absolute atomic E-state index is 11.9. The summed E-state index contributed by atoms with van der Waals surface area (Å²) in [5.41, 5.74) is 0.507. The van der Waals surface area contributed by atoms with Crippen molar-refractivity contribution in [2.75, 3.05) is 5.32 Å². The van der Waals surface area contributed by atoms with Gasteiger partial charge in [0.15, 0.2) is 0 Å². The van der Waals surface area contributed by atoms with Gasteiger partial charge in [0.05, 0.1) is 23.1 Å². The van der Waals surface area contributed by atoms with E-state index in [1.165, 1.54) is 12.1 Å². The largest absolute Gasteiger partial charge is 0.506 e. The number of phenols is 1. The second kappa shape index (κ2) is 6.23. The third kappa shape index (κ3) is 3.70. The third-order valence-electron chi connectivity index (χ3n) is 2.78. The first-order valence-corrected chi connectivity index (χ1v) is 6.36. The van der Waals surface area contributed by atoms with Crippen molar-refractivity contribution in [1.29, 1.82) is 0 Å². The Hall–Kier alpha value is -2.60. The van der Waals surface area contributed by atoms with E-state index in [1.807, 2.05) is 0 Å². The molecule has 0 radical (unpaired) electrons. The predicted octanol–water partition coefficient (Wildman–Crippen LogP) is 3.14. The summed E-state index contributed by atoms with van der Waals surface area (Å²) in [6, 6.07) is 10.4. The van der Waals surface area contributed by atoms with Crippen LogP contribution in [0.1, 0.15) is 5.56 Å². The summed E-state index contributed by atoms with van der Waals surface area (Å²) >= 11 is 5.95. The number of nitrogens with zero attached hydrogens (tertiary/aromatic N) is 1. The van der Waals surface area contributed by atoms with Gasteiger partial charge >= 0.3 is 0 Å². The van der Waals surface area contributed by atoms with Crippen LogP contribution in [-0.4, -0.2) is 15.9 Å². The number of nitrogens with one attached hydrogen (secondary N) is 1. The van der Waals surface area contributed by atoms with Crippen molar-refractivity contribution in [3.63, 3.8) is 0 Å². The maximum Gasteiger partial charge on any atom is 0.273 e. The van der Waals surface area contributed by atoms with Gasteiger partial charge in [-0.2, -0.15) is 0 Å². The Labute approximate surface area is 125 Å². The minimum atomic E-state index is -0.630. The molecule has 6 nitrogen and oxygen atoms in total. The average Bonchev–Trinajstić information content (AvgIpc) is 2.43. The van der Waals surface area contributed by atoms with Crippen molar-refractivity contribution in [2.24, 2.45) is 0 Å². The summed E-state index contributed by atoms with van der Waals surface area (Å²) in [6.07, 6.45) is 0.0378. The van der Waals surface area contributed by atoms with Gasteiger partial charge in [-0.3, -0.25) is 14.9 Å². The molecule has 0 fully saturated rings. The van der Waals surface area contributed by atoms with Gasteiger partial charge in [0.1, 0.15) is 5.75 Å². The molecule has 0 aliphatic heterocycles. The van der Waals surface area contributed by atoms with Crippen LogP contribution in [0.25, 0.3) is 0 Å². The second-order valence-corrected chi connectivity index (χ2v) is 4.68. The number of aromatic hydroxyl groups is 1. The molecule has 0 heterocycles. The van der Waals surface area contributed by atoms with E-state index in [-0.39, 0.29) is 29.5 Å². The van der Waals surface area contributed by atoms with E-state index >= 15 is 0 Å². The zero-order valence-corrected chi connectivity index (χ0v) is 11.5. The molecule has 0 saturated carbocycles.